The summed E-state index contributed by atoms with van der Waals surface area (Å²) in [5.41, 5.74) is 5.33. The molecule has 30 heavy (non-hydrogen) atoms. The van der Waals surface area contributed by atoms with Crippen molar-refractivity contribution in [1.82, 2.24) is 4.57 Å². The molecule has 5 aromatic carbocycles. The largest absolute Gasteiger partial charge is 0.454 e. The van der Waals surface area contributed by atoms with Gasteiger partial charge in [0.05, 0.1) is 11.0 Å². The fourth-order valence-corrected chi connectivity index (χ4v) is 4.90. The molecule has 0 radical (unpaired) electrons. The summed E-state index contributed by atoms with van der Waals surface area (Å²) in [5.74, 6) is 0. The van der Waals surface area contributed by atoms with Gasteiger partial charge >= 0.3 is 0 Å². The normalized spacial score (nSPS) is 12.0. The number of para-hydroxylation sites is 2. The molecular weight excluding hydrogens is 366 g/mol. The van der Waals surface area contributed by atoms with Crippen LogP contribution in [0.15, 0.2) is 108 Å². The molecule has 7 rings (SSSR count). The summed E-state index contributed by atoms with van der Waals surface area (Å²) in [6.45, 7) is 0. The third-order valence-corrected chi connectivity index (χ3v) is 6.18. The van der Waals surface area contributed by atoms with Crippen molar-refractivity contribution < 1.29 is 4.42 Å². The molecule has 0 atom stereocenters. The molecule has 0 saturated heterocycles. The Morgan fingerprint density at radius 2 is 1.27 bits per heavy atom. The molecule has 2 heterocycles. The molecule has 0 N–H and O–H groups in total. The summed E-state index contributed by atoms with van der Waals surface area (Å²) < 4.78 is 8.88. The first kappa shape index (κ1) is 15.8. The number of benzene rings is 5. The molecule has 0 bridgehead atoms. The fourth-order valence-electron chi connectivity index (χ4n) is 4.90. The van der Waals surface area contributed by atoms with Gasteiger partial charge in [0.1, 0.15) is 5.58 Å². The molecule has 0 unspecified atom stereocenters. The maximum Gasteiger partial charge on any atom is 0.160 e. The van der Waals surface area contributed by atoms with Gasteiger partial charge in [0, 0.05) is 27.2 Å². The molecule has 2 nitrogen and oxygen atoms in total. The van der Waals surface area contributed by atoms with Gasteiger partial charge in [-0.3, -0.25) is 0 Å². The molecule has 0 aliphatic rings. The molecule has 0 amide bonds. The predicted molar refractivity (Wildman–Crippen MR) is 126 cm³/mol. The van der Waals surface area contributed by atoms with E-state index in [4.69, 9.17) is 4.42 Å². The first-order valence-corrected chi connectivity index (χ1v) is 10.2. The van der Waals surface area contributed by atoms with Crippen molar-refractivity contribution in [2.45, 2.75) is 0 Å². The van der Waals surface area contributed by atoms with Crippen molar-refractivity contribution in [1.29, 1.82) is 0 Å². The van der Waals surface area contributed by atoms with E-state index in [1.54, 1.807) is 0 Å². The van der Waals surface area contributed by atoms with Gasteiger partial charge in [-0.2, -0.15) is 0 Å². The lowest BCUT2D eigenvalue weighted by Crippen LogP contribution is -1.93. The van der Waals surface area contributed by atoms with Crippen LogP contribution in [0.5, 0.6) is 0 Å². The summed E-state index contributed by atoms with van der Waals surface area (Å²) in [4.78, 5) is 0. The SMILES string of the molecule is c1ccc(-n2c3ccccc3c3ccc4c(oc5ccc6ccccc6c54)c32)cc1. The summed E-state index contributed by atoms with van der Waals surface area (Å²) in [6, 6.07) is 36.4. The molecule has 0 saturated carbocycles. The Bertz CT molecular complexity index is 1740. The number of hydrogen-bond donors (Lipinski definition) is 0. The molecule has 7 aromatic rings. The highest BCUT2D eigenvalue weighted by Gasteiger charge is 2.19. The van der Waals surface area contributed by atoms with Crippen LogP contribution >= 0.6 is 0 Å². The summed E-state index contributed by atoms with van der Waals surface area (Å²) in [5, 5.41) is 7.27. The van der Waals surface area contributed by atoms with Crippen LogP contribution in [0.25, 0.3) is 60.2 Å². The van der Waals surface area contributed by atoms with Crippen molar-refractivity contribution in [3.8, 4) is 5.69 Å². The summed E-state index contributed by atoms with van der Waals surface area (Å²) in [7, 11) is 0. The average molecular weight is 383 g/mol. The Morgan fingerprint density at radius 1 is 0.533 bits per heavy atom. The molecule has 140 valence electrons. The van der Waals surface area contributed by atoms with Gasteiger partial charge < -0.3 is 8.98 Å². The Kier molecular flexibility index (Phi) is 3.03. The van der Waals surface area contributed by atoms with Crippen molar-refractivity contribution >= 4 is 54.5 Å². The van der Waals surface area contributed by atoms with E-state index in [0.29, 0.717) is 0 Å². The lowest BCUT2D eigenvalue weighted by atomic mass is 10.0. The van der Waals surface area contributed by atoms with E-state index in [2.05, 4.69) is 108 Å². The van der Waals surface area contributed by atoms with Gasteiger partial charge in [-0.15, -0.1) is 0 Å². The first-order valence-electron chi connectivity index (χ1n) is 10.2. The number of nitrogens with zero attached hydrogens (tertiary/aromatic N) is 1. The van der Waals surface area contributed by atoms with E-state index in [-0.39, 0.29) is 0 Å². The van der Waals surface area contributed by atoms with Crippen LogP contribution in [0.2, 0.25) is 0 Å². The molecule has 0 aliphatic carbocycles. The molecule has 0 spiro atoms. The zero-order valence-electron chi connectivity index (χ0n) is 16.2. The Labute approximate surface area is 172 Å². The number of aromatic nitrogens is 1. The van der Waals surface area contributed by atoms with Gasteiger partial charge in [-0.1, -0.05) is 72.8 Å². The maximum atomic E-state index is 6.54. The second kappa shape index (κ2) is 5.74. The second-order valence-electron chi connectivity index (χ2n) is 7.79. The predicted octanol–water partition coefficient (Wildman–Crippen LogP) is 7.84. The van der Waals surface area contributed by atoms with Crippen LogP contribution in [0.3, 0.4) is 0 Å². The minimum Gasteiger partial charge on any atom is -0.454 e. The zero-order chi connectivity index (χ0) is 19.7. The standard InChI is InChI=1S/C28H17NO/c1-2-9-19(10-3-1)29-24-13-7-6-12-21(24)22-15-16-23-26-20-11-5-4-8-18(20)14-17-25(26)30-28(23)27(22)29/h1-17H. The van der Waals surface area contributed by atoms with Gasteiger partial charge in [0.15, 0.2) is 5.58 Å². The number of furan rings is 1. The van der Waals surface area contributed by atoms with E-state index in [9.17, 15) is 0 Å². The monoisotopic (exact) mass is 383 g/mol. The van der Waals surface area contributed by atoms with Crippen LogP contribution in [0.4, 0.5) is 0 Å². The quantitative estimate of drug-likeness (QED) is 0.282. The lowest BCUT2D eigenvalue weighted by Gasteiger charge is -2.07. The highest BCUT2D eigenvalue weighted by molar-refractivity contribution is 6.26. The van der Waals surface area contributed by atoms with Crippen molar-refractivity contribution in [3.05, 3.63) is 103 Å². The van der Waals surface area contributed by atoms with Crippen LogP contribution < -0.4 is 0 Å². The maximum absolute atomic E-state index is 6.54. The van der Waals surface area contributed by atoms with Crippen LogP contribution in [0, 0.1) is 0 Å². The van der Waals surface area contributed by atoms with Gasteiger partial charge in [0.2, 0.25) is 0 Å². The smallest absolute Gasteiger partial charge is 0.160 e. The van der Waals surface area contributed by atoms with Gasteiger partial charge in [-0.05, 0) is 41.1 Å². The van der Waals surface area contributed by atoms with E-state index in [1.165, 1.54) is 32.4 Å². The molecule has 2 aromatic heterocycles. The number of rotatable bonds is 1. The minimum absolute atomic E-state index is 0.932. The average Bonchev–Trinajstić information content (AvgIpc) is 3.35. The topological polar surface area (TPSA) is 18.1 Å². The molecule has 0 fully saturated rings. The number of hydrogen-bond acceptors (Lipinski definition) is 1. The van der Waals surface area contributed by atoms with E-state index < -0.39 is 0 Å². The zero-order valence-corrected chi connectivity index (χ0v) is 16.2. The second-order valence-corrected chi connectivity index (χ2v) is 7.79. The number of fused-ring (bicyclic) bond motifs is 9. The van der Waals surface area contributed by atoms with E-state index >= 15 is 0 Å². The van der Waals surface area contributed by atoms with Crippen molar-refractivity contribution in [2.75, 3.05) is 0 Å². The molecule has 0 aliphatic heterocycles. The lowest BCUT2D eigenvalue weighted by molar-refractivity contribution is 0.671. The third-order valence-electron chi connectivity index (χ3n) is 6.18. The Balaban J connectivity index is 1.76. The Hall–Kier alpha value is -4.04. The van der Waals surface area contributed by atoms with E-state index in [1.807, 2.05) is 0 Å². The first-order chi connectivity index (χ1) is 14.9. The molecular formula is C28H17NO. The highest BCUT2D eigenvalue weighted by Crippen LogP contribution is 2.41. The summed E-state index contributed by atoms with van der Waals surface area (Å²) in [6.07, 6.45) is 0. The van der Waals surface area contributed by atoms with Crippen molar-refractivity contribution in [2.24, 2.45) is 0 Å². The minimum atomic E-state index is 0.932. The van der Waals surface area contributed by atoms with Crippen LogP contribution in [-0.4, -0.2) is 4.57 Å². The Morgan fingerprint density at radius 3 is 2.17 bits per heavy atom. The van der Waals surface area contributed by atoms with Gasteiger partial charge in [0.25, 0.3) is 0 Å². The van der Waals surface area contributed by atoms with Crippen LogP contribution in [-0.2, 0) is 0 Å². The van der Waals surface area contributed by atoms with Crippen LogP contribution in [0.1, 0.15) is 0 Å². The fraction of sp³-hybridized carbons (Fsp3) is 0. The van der Waals surface area contributed by atoms with Crippen molar-refractivity contribution in [3.63, 3.8) is 0 Å². The molecule has 2 heteroatoms. The summed E-state index contributed by atoms with van der Waals surface area (Å²) >= 11 is 0. The highest BCUT2D eigenvalue weighted by atomic mass is 16.3. The van der Waals surface area contributed by atoms with E-state index in [0.717, 1.165) is 27.8 Å². The third kappa shape index (κ3) is 1.98. The van der Waals surface area contributed by atoms with Gasteiger partial charge in [-0.25, -0.2) is 0 Å².